The molecule has 0 bridgehead atoms. The van der Waals surface area contributed by atoms with Gasteiger partial charge in [0.2, 0.25) is 11.8 Å². The number of amides is 2. The highest BCUT2D eigenvalue weighted by molar-refractivity contribution is 5.87. The molecule has 3 aliphatic rings. The van der Waals surface area contributed by atoms with Gasteiger partial charge in [0.25, 0.3) is 0 Å². The van der Waals surface area contributed by atoms with Crippen LogP contribution in [0.4, 0.5) is 0 Å². The molecule has 33 heavy (non-hydrogen) atoms. The van der Waals surface area contributed by atoms with E-state index in [1.807, 2.05) is 30.3 Å². The quantitative estimate of drug-likeness (QED) is 0.702. The predicted octanol–water partition coefficient (Wildman–Crippen LogP) is 2.81. The van der Waals surface area contributed by atoms with Gasteiger partial charge in [-0.3, -0.25) is 9.59 Å². The molecule has 2 heterocycles. The lowest BCUT2D eigenvalue weighted by Crippen LogP contribution is -2.43. The van der Waals surface area contributed by atoms with Gasteiger partial charge in [0.15, 0.2) is 17.8 Å². The van der Waals surface area contributed by atoms with E-state index in [0.717, 1.165) is 31.2 Å². The minimum atomic E-state index is -0.263. The van der Waals surface area contributed by atoms with E-state index in [9.17, 15) is 9.59 Å². The van der Waals surface area contributed by atoms with Gasteiger partial charge in [-0.15, -0.1) is 0 Å². The lowest BCUT2D eigenvalue weighted by molar-refractivity contribution is -0.133. The van der Waals surface area contributed by atoms with Crippen molar-refractivity contribution in [2.24, 2.45) is 0 Å². The van der Waals surface area contributed by atoms with Crippen molar-refractivity contribution in [2.75, 3.05) is 26.8 Å². The Labute approximate surface area is 194 Å². The number of benzene rings is 2. The zero-order valence-corrected chi connectivity index (χ0v) is 18.9. The van der Waals surface area contributed by atoms with Crippen molar-refractivity contribution in [1.29, 1.82) is 0 Å². The van der Waals surface area contributed by atoms with Gasteiger partial charge in [0.1, 0.15) is 0 Å². The zero-order chi connectivity index (χ0) is 22.8. The minimum Gasteiger partial charge on any atom is -0.493 e. The van der Waals surface area contributed by atoms with Crippen LogP contribution >= 0.6 is 0 Å². The molecule has 1 aliphatic carbocycles. The molecule has 1 unspecified atom stereocenters. The van der Waals surface area contributed by atoms with Crippen molar-refractivity contribution >= 4 is 11.8 Å². The van der Waals surface area contributed by atoms with Crippen molar-refractivity contribution in [3.05, 3.63) is 59.2 Å². The summed E-state index contributed by atoms with van der Waals surface area (Å²) in [7, 11) is 1.61. The van der Waals surface area contributed by atoms with E-state index in [4.69, 9.17) is 14.2 Å². The summed E-state index contributed by atoms with van der Waals surface area (Å²) in [4.78, 5) is 27.0. The maximum Gasteiger partial charge on any atom is 0.239 e. The van der Waals surface area contributed by atoms with Crippen LogP contribution in [0.2, 0.25) is 0 Å². The van der Waals surface area contributed by atoms with Crippen LogP contribution in [-0.4, -0.2) is 55.9 Å². The summed E-state index contributed by atoms with van der Waals surface area (Å²) >= 11 is 0. The van der Waals surface area contributed by atoms with Crippen LogP contribution < -0.4 is 14.8 Å². The molecule has 7 heteroatoms. The van der Waals surface area contributed by atoms with Crippen LogP contribution in [0.3, 0.4) is 0 Å². The first-order chi connectivity index (χ1) is 16.1. The molecule has 2 aromatic rings. The molecule has 2 amide bonds. The van der Waals surface area contributed by atoms with E-state index in [1.165, 1.54) is 11.1 Å². The van der Waals surface area contributed by atoms with E-state index in [2.05, 4.69) is 17.4 Å². The first-order valence-electron chi connectivity index (χ1n) is 11.7. The largest absolute Gasteiger partial charge is 0.493 e. The van der Waals surface area contributed by atoms with Crippen LogP contribution in [-0.2, 0) is 27.2 Å². The predicted molar refractivity (Wildman–Crippen MR) is 122 cm³/mol. The first-order valence-corrected chi connectivity index (χ1v) is 11.7. The summed E-state index contributed by atoms with van der Waals surface area (Å²) in [5.41, 5.74) is 3.59. The zero-order valence-electron chi connectivity index (χ0n) is 18.9. The molecule has 2 aliphatic heterocycles. The fourth-order valence-electron chi connectivity index (χ4n) is 5.08. The Morgan fingerprint density at radius 2 is 1.91 bits per heavy atom. The van der Waals surface area contributed by atoms with Gasteiger partial charge < -0.3 is 24.4 Å². The Morgan fingerprint density at radius 3 is 2.61 bits per heavy atom. The van der Waals surface area contributed by atoms with Crippen LogP contribution in [0.15, 0.2) is 42.5 Å². The van der Waals surface area contributed by atoms with Gasteiger partial charge in [-0.1, -0.05) is 30.3 Å². The van der Waals surface area contributed by atoms with Crippen molar-refractivity contribution in [2.45, 2.75) is 50.4 Å². The Morgan fingerprint density at radius 1 is 1.12 bits per heavy atom. The molecule has 2 fully saturated rings. The number of rotatable bonds is 7. The summed E-state index contributed by atoms with van der Waals surface area (Å²) in [6.07, 6.45) is 3.64. The molecule has 2 atom stereocenters. The molecule has 0 radical (unpaired) electrons. The van der Waals surface area contributed by atoms with E-state index >= 15 is 0 Å². The van der Waals surface area contributed by atoms with Gasteiger partial charge in [0, 0.05) is 31.3 Å². The molecule has 2 aromatic carbocycles. The van der Waals surface area contributed by atoms with E-state index in [0.29, 0.717) is 31.1 Å². The number of methoxy groups -OCH3 is 1. The lowest BCUT2D eigenvalue weighted by Gasteiger charge is -2.20. The average Bonchev–Trinajstić information content (AvgIpc) is 3.54. The maximum atomic E-state index is 12.7. The molecule has 174 valence electrons. The highest BCUT2D eigenvalue weighted by atomic mass is 16.7. The number of hydrogen-bond acceptors (Lipinski definition) is 5. The van der Waals surface area contributed by atoms with Gasteiger partial charge in [-0.2, -0.15) is 0 Å². The standard InChI is InChI=1S/C26H30N2O5/c1-31-22-9-8-19(13-23(22)33-26-7-4-10-32-26)20-14-25(30)28(15-20)16-24(29)27-21-11-17-5-2-3-6-18(17)12-21/h2-3,5-6,8-9,13,20-21,26H,4,7,10-12,14-16H2,1H3,(H,27,29)/t20-,26?/m1/s1. The molecule has 2 saturated heterocycles. The maximum absolute atomic E-state index is 12.7. The molecular weight excluding hydrogens is 420 g/mol. The summed E-state index contributed by atoms with van der Waals surface area (Å²) in [6.45, 7) is 1.31. The number of ether oxygens (including phenoxy) is 3. The highest BCUT2D eigenvalue weighted by Crippen LogP contribution is 2.36. The van der Waals surface area contributed by atoms with Crippen LogP contribution in [0.5, 0.6) is 11.5 Å². The monoisotopic (exact) mass is 450 g/mol. The number of nitrogens with one attached hydrogen (secondary N) is 1. The average molecular weight is 451 g/mol. The van der Waals surface area contributed by atoms with E-state index in [1.54, 1.807) is 12.0 Å². The Balaban J connectivity index is 1.19. The summed E-state index contributed by atoms with van der Waals surface area (Å²) < 4.78 is 17.0. The smallest absolute Gasteiger partial charge is 0.239 e. The third-order valence-electron chi connectivity index (χ3n) is 6.77. The van der Waals surface area contributed by atoms with E-state index in [-0.39, 0.29) is 36.6 Å². The van der Waals surface area contributed by atoms with Gasteiger partial charge in [0.05, 0.1) is 20.3 Å². The van der Waals surface area contributed by atoms with Gasteiger partial charge in [-0.25, -0.2) is 0 Å². The SMILES string of the molecule is COc1ccc([C@@H]2CC(=O)N(CC(=O)NC3Cc4ccccc4C3)C2)cc1OC1CCCO1. The molecule has 7 nitrogen and oxygen atoms in total. The van der Waals surface area contributed by atoms with Gasteiger partial charge >= 0.3 is 0 Å². The number of hydrogen-bond donors (Lipinski definition) is 1. The van der Waals surface area contributed by atoms with Crippen molar-refractivity contribution in [3.63, 3.8) is 0 Å². The number of fused-ring (bicyclic) bond motifs is 1. The topological polar surface area (TPSA) is 77.1 Å². The summed E-state index contributed by atoms with van der Waals surface area (Å²) in [5.74, 6) is 1.19. The lowest BCUT2D eigenvalue weighted by atomic mass is 9.98. The first kappa shape index (κ1) is 21.8. The molecule has 1 N–H and O–H groups in total. The van der Waals surface area contributed by atoms with Crippen molar-refractivity contribution < 1.29 is 23.8 Å². The minimum absolute atomic E-state index is 0.00210. The fraction of sp³-hybridized carbons (Fsp3) is 0.462. The van der Waals surface area contributed by atoms with Crippen LogP contribution in [0, 0.1) is 0 Å². The molecule has 0 saturated carbocycles. The third-order valence-corrected chi connectivity index (χ3v) is 6.77. The molecule has 5 rings (SSSR count). The number of likely N-dealkylation sites (tertiary alicyclic amines) is 1. The van der Waals surface area contributed by atoms with Crippen LogP contribution in [0.1, 0.15) is 41.9 Å². The molecular formula is C26H30N2O5. The number of carbonyl (C=O) groups is 2. The van der Waals surface area contributed by atoms with Crippen molar-refractivity contribution in [3.8, 4) is 11.5 Å². The Kier molecular flexibility index (Phi) is 6.22. The second-order valence-electron chi connectivity index (χ2n) is 9.09. The summed E-state index contributed by atoms with van der Waals surface area (Å²) in [5, 5.41) is 3.11. The number of carbonyl (C=O) groups excluding carboxylic acids is 2. The molecule has 0 spiro atoms. The van der Waals surface area contributed by atoms with Gasteiger partial charge in [-0.05, 0) is 48.1 Å². The van der Waals surface area contributed by atoms with Crippen LogP contribution in [0.25, 0.3) is 0 Å². The van der Waals surface area contributed by atoms with E-state index < -0.39 is 0 Å². The third kappa shape index (κ3) is 4.83. The highest BCUT2D eigenvalue weighted by Gasteiger charge is 2.33. The second kappa shape index (κ2) is 9.43. The summed E-state index contributed by atoms with van der Waals surface area (Å²) in [6, 6.07) is 14.2. The fourth-order valence-corrected chi connectivity index (χ4v) is 5.08. The number of nitrogens with zero attached hydrogens (tertiary/aromatic N) is 1. The van der Waals surface area contributed by atoms with Crippen molar-refractivity contribution in [1.82, 2.24) is 10.2 Å². The second-order valence-corrected chi connectivity index (χ2v) is 9.09. The Bertz CT molecular complexity index is 1010. The Hall–Kier alpha value is -3.06. The molecule has 0 aromatic heterocycles. The normalized spacial score (nSPS) is 22.5.